The fourth-order valence-electron chi connectivity index (χ4n) is 4.75. The fourth-order valence-corrected chi connectivity index (χ4v) is 5.80. The lowest BCUT2D eigenvalue weighted by molar-refractivity contribution is -0.135. The Morgan fingerprint density at radius 1 is 1.21 bits per heavy atom. The highest BCUT2D eigenvalue weighted by Gasteiger charge is 2.25. The predicted octanol–water partition coefficient (Wildman–Crippen LogP) is 3.41. The number of thiophene rings is 1. The van der Waals surface area contributed by atoms with E-state index in [2.05, 4.69) is 36.0 Å². The monoisotopic (exact) mass is 489 g/mol. The number of hydrogen-bond acceptors (Lipinski definition) is 6. The zero-order valence-electron chi connectivity index (χ0n) is 21.1. The number of rotatable bonds is 11. The summed E-state index contributed by atoms with van der Waals surface area (Å²) in [5.74, 6) is -0.219. The van der Waals surface area contributed by atoms with Crippen molar-refractivity contribution in [1.82, 2.24) is 24.7 Å². The van der Waals surface area contributed by atoms with Crippen LogP contribution in [-0.4, -0.2) is 69.9 Å². The van der Waals surface area contributed by atoms with Gasteiger partial charge in [-0.1, -0.05) is 13.8 Å². The molecule has 0 aliphatic carbocycles. The molecular formula is C25H39N5O3S. The van der Waals surface area contributed by atoms with Gasteiger partial charge in [-0.3, -0.25) is 19.0 Å². The average Bonchev–Trinajstić information content (AvgIpc) is 3.16. The maximum atomic E-state index is 13.2. The number of nitrogens with one attached hydrogen (secondary N) is 1. The lowest BCUT2D eigenvalue weighted by Crippen LogP contribution is -2.44. The molecule has 0 spiro atoms. The molecule has 0 aromatic carbocycles. The smallest absolute Gasteiger partial charge is 0.262 e. The first-order valence-electron chi connectivity index (χ1n) is 12.7. The van der Waals surface area contributed by atoms with Gasteiger partial charge >= 0.3 is 0 Å². The van der Waals surface area contributed by atoms with Crippen LogP contribution in [0.2, 0.25) is 0 Å². The topological polar surface area (TPSA) is 87.5 Å². The molecule has 3 rings (SSSR count). The molecule has 1 aliphatic rings. The molecule has 0 bridgehead atoms. The van der Waals surface area contributed by atoms with Crippen LogP contribution in [0.3, 0.4) is 0 Å². The van der Waals surface area contributed by atoms with Crippen molar-refractivity contribution in [2.24, 2.45) is 0 Å². The molecule has 0 saturated carbocycles. The number of aromatic nitrogens is 2. The largest absolute Gasteiger partial charge is 0.351 e. The normalized spacial score (nSPS) is 16.4. The Kier molecular flexibility index (Phi) is 9.64. The van der Waals surface area contributed by atoms with Gasteiger partial charge in [-0.25, -0.2) is 4.98 Å². The van der Waals surface area contributed by atoms with E-state index in [4.69, 9.17) is 0 Å². The van der Waals surface area contributed by atoms with Gasteiger partial charge in [0.15, 0.2) is 0 Å². The fraction of sp³-hybridized carbons (Fsp3) is 0.680. The Balaban J connectivity index is 1.66. The standard InChI is InChI=1S/C25H39N5O3S/c1-5-12-28(13-6-2)14-9-11-26-23(32)22-19(4)21-24(34-22)27-17-29(25(21)33)16-20(31)30-15-8-7-10-18(30)3/h17-18H,5-16H2,1-4H3,(H,26,32). The van der Waals surface area contributed by atoms with Crippen LogP contribution in [0.15, 0.2) is 11.1 Å². The van der Waals surface area contributed by atoms with E-state index in [1.807, 2.05) is 4.90 Å². The molecule has 1 unspecified atom stereocenters. The summed E-state index contributed by atoms with van der Waals surface area (Å²) in [4.78, 5) is 48.6. The number of amides is 2. The zero-order chi connectivity index (χ0) is 24.7. The maximum absolute atomic E-state index is 13.2. The minimum atomic E-state index is -0.259. The number of hydrogen-bond donors (Lipinski definition) is 1. The number of piperidine rings is 1. The summed E-state index contributed by atoms with van der Waals surface area (Å²) in [6.45, 7) is 12.6. The van der Waals surface area contributed by atoms with E-state index >= 15 is 0 Å². The molecular weight excluding hydrogens is 450 g/mol. The van der Waals surface area contributed by atoms with Crippen molar-refractivity contribution in [3.8, 4) is 0 Å². The number of carbonyl (C=O) groups is 2. The number of likely N-dealkylation sites (tertiary alicyclic amines) is 1. The molecule has 1 aliphatic heterocycles. The molecule has 1 N–H and O–H groups in total. The van der Waals surface area contributed by atoms with Gasteiger partial charge in [-0.05, 0) is 77.6 Å². The molecule has 2 amide bonds. The Morgan fingerprint density at radius 3 is 2.62 bits per heavy atom. The molecule has 1 atom stereocenters. The number of aryl methyl sites for hydroxylation is 1. The van der Waals surface area contributed by atoms with Crippen LogP contribution in [0.25, 0.3) is 10.2 Å². The first kappa shape index (κ1) is 26.3. The molecule has 0 radical (unpaired) electrons. The highest BCUT2D eigenvalue weighted by atomic mass is 32.1. The van der Waals surface area contributed by atoms with Crippen molar-refractivity contribution in [3.63, 3.8) is 0 Å². The molecule has 1 fully saturated rings. The summed E-state index contributed by atoms with van der Waals surface area (Å²) < 4.78 is 1.38. The van der Waals surface area contributed by atoms with E-state index < -0.39 is 0 Å². The first-order valence-corrected chi connectivity index (χ1v) is 13.5. The van der Waals surface area contributed by atoms with Gasteiger partial charge in [0.25, 0.3) is 11.5 Å². The van der Waals surface area contributed by atoms with Crippen molar-refractivity contribution >= 4 is 33.4 Å². The molecule has 9 heteroatoms. The van der Waals surface area contributed by atoms with Crippen molar-refractivity contribution in [1.29, 1.82) is 0 Å². The third kappa shape index (κ3) is 6.24. The van der Waals surface area contributed by atoms with Crippen LogP contribution in [0.5, 0.6) is 0 Å². The van der Waals surface area contributed by atoms with E-state index in [9.17, 15) is 14.4 Å². The van der Waals surface area contributed by atoms with Crippen LogP contribution in [-0.2, 0) is 11.3 Å². The van der Waals surface area contributed by atoms with E-state index in [0.717, 1.165) is 64.7 Å². The quantitative estimate of drug-likeness (QED) is 0.489. The van der Waals surface area contributed by atoms with Gasteiger partial charge in [0.05, 0.1) is 16.6 Å². The van der Waals surface area contributed by atoms with Crippen molar-refractivity contribution < 1.29 is 9.59 Å². The van der Waals surface area contributed by atoms with Crippen molar-refractivity contribution in [2.75, 3.05) is 32.7 Å². The van der Waals surface area contributed by atoms with Gasteiger partial charge in [-0.15, -0.1) is 11.3 Å². The molecule has 1 saturated heterocycles. The summed E-state index contributed by atoms with van der Waals surface area (Å²) in [5, 5.41) is 3.44. The maximum Gasteiger partial charge on any atom is 0.262 e. The second-order valence-electron chi connectivity index (χ2n) is 9.30. The van der Waals surface area contributed by atoms with Gasteiger partial charge in [0.1, 0.15) is 11.4 Å². The number of nitrogens with zero attached hydrogens (tertiary/aromatic N) is 4. The van der Waals surface area contributed by atoms with E-state index in [1.54, 1.807) is 6.92 Å². The van der Waals surface area contributed by atoms with Crippen molar-refractivity contribution in [2.45, 2.75) is 78.8 Å². The second kappa shape index (κ2) is 12.4. The Labute approximate surface area is 206 Å². The SMILES string of the molecule is CCCN(CCC)CCCNC(=O)c1sc2ncn(CC(=O)N3CCCCC3C)c(=O)c2c1C. The van der Waals surface area contributed by atoms with Crippen LogP contribution < -0.4 is 10.9 Å². The summed E-state index contributed by atoms with van der Waals surface area (Å²) >= 11 is 1.24. The molecule has 188 valence electrons. The van der Waals surface area contributed by atoms with Gasteiger partial charge in [-0.2, -0.15) is 0 Å². The Bertz CT molecular complexity index is 1040. The zero-order valence-corrected chi connectivity index (χ0v) is 21.9. The molecule has 2 aromatic heterocycles. The lowest BCUT2D eigenvalue weighted by Gasteiger charge is -2.33. The number of carbonyl (C=O) groups excluding carboxylic acids is 2. The van der Waals surface area contributed by atoms with E-state index in [0.29, 0.717) is 27.2 Å². The summed E-state index contributed by atoms with van der Waals surface area (Å²) in [6.07, 6.45) is 7.70. The average molecular weight is 490 g/mol. The Hall–Kier alpha value is -2.26. The minimum Gasteiger partial charge on any atom is -0.351 e. The summed E-state index contributed by atoms with van der Waals surface area (Å²) in [5.41, 5.74) is 0.382. The molecule has 2 aromatic rings. The predicted molar refractivity (Wildman–Crippen MR) is 138 cm³/mol. The molecule has 34 heavy (non-hydrogen) atoms. The van der Waals surface area contributed by atoms with Crippen LogP contribution in [0, 0.1) is 6.92 Å². The van der Waals surface area contributed by atoms with E-state index in [-0.39, 0.29) is 30.0 Å². The summed E-state index contributed by atoms with van der Waals surface area (Å²) in [6, 6.07) is 0.197. The van der Waals surface area contributed by atoms with Crippen LogP contribution in [0.4, 0.5) is 0 Å². The van der Waals surface area contributed by atoms with Gasteiger partial charge < -0.3 is 15.1 Å². The minimum absolute atomic E-state index is 0.0189. The van der Waals surface area contributed by atoms with Crippen LogP contribution in [0.1, 0.15) is 74.5 Å². The lowest BCUT2D eigenvalue weighted by atomic mass is 10.0. The van der Waals surface area contributed by atoms with Gasteiger partial charge in [0.2, 0.25) is 5.91 Å². The third-order valence-corrected chi connectivity index (χ3v) is 7.77. The second-order valence-corrected chi connectivity index (χ2v) is 10.3. The van der Waals surface area contributed by atoms with Crippen LogP contribution >= 0.6 is 11.3 Å². The third-order valence-electron chi connectivity index (χ3n) is 6.57. The highest BCUT2D eigenvalue weighted by Crippen LogP contribution is 2.26. The number of fused-ring (bicyclic) bond motifs is 1. The first-order chi connectivity index (χ1) is 16.4. The molecule has 8 nitrogen and oxygen atoms in total. The summed E-state index contributed by atoms with van der Waals surface area (Å²) in [7, 11) is 0. The highest BCUT2D eigenvalue weighted by molar-refractivity contribution is 7.20. The molecule has 3 heterocycles. The Morgan fingerprint density at radius 2 is 1.94 bits per heavy atom. The van der Waals surface area contributed by atoms with Gasteiger partial charge in [0, 0.05) is 19.1 Å². The van der Waals surface area contributed by atoms with E-state index in [1.165, 1.54) is 22.2 Å². The van der Waals surface area contributed by atoms with Crippen molar-refractivity contribution in [3.05, 3.63) is 27.1 Å².